The molecule has 0 spiro atoms. The van der Waals surface area contributed by atoms with Gasteiger partial charge in [0, 0.05) is 18.5 Å². The van der Waals surface area contributed by atoms with Crippen LogP contribution in [0.25, 0.3) is 11.6 Å². The molecule has 2 aromatic heterocycles. The smallest absolute Gasteiger partial charge is 0.219 e. The minimum atomic E-state index is -0.420. The van der Waals surface area contributed by atoms with Crippen LogP contribution in [0.2, 0.25) is 0 Å². The Morgan fingerprint density at radius 1 is 1.22 bits per heavy atom. The summed E-state index contributed by atoms with van der Waals surface area (Å²) in [5.74, 6) is 0.862. The maximum absolute atomic E-state index is 12.6. The highest BCUT2D eigenvalue weighted by Crippen LogP contribution is 2.25. The van der Waals surface area contributed by atoms with Crippen LogP contribution >= 0.6 is 11.8 Å². The summed E-state index contributed by atoms with van der Waals surface area (Å²) in [5.41, 5.74) is 7.97. The largest absolute Gasteiger partial charge is 0.461 e. The van der Waals surface area contributed by atoms with Gasteiger partial charge >= 0.3 is 0 Å². The van der Waals surface area contributed by atoms with Crippen LogP contribution in [-0.2, 0) is 11.3 Å². The molecule has 2 heterocycles. The first-order valence-electron chi connectivity index (χ1n) is 8.44. The van der Waals surface area contributed by atoms with Crippen LogP contribution in [0.3, 0.4) is 0 Å². The zero-order chi connectivity index (χ0) is 19.4. The Bertz CT molecular complexity index is 964. The van der Waals surface area contributed by atoms with Crippen LogP contribution in [0.15, 0.2) is 46.2 Å². The molecule has 0 saturated carbocycles. The molecule has 0 aliphatic carbocycles. The molecule has 2 N–H and O–H groups in total. The summed E-state index contributed by atoms with van der Waals surface area (Å²) in [6.07, 6.45) is 1.68. The second-order valence-corrected chi connectivity index (χ2v) is 7.12. The van der Waals surface area contributed by atoms with Crippen molar-refractivity contribution in [3.8, 4) is 11.6 Å². The summed E-state index contributed by atoms with van der Waals surface area (Å²) in [6.45, 7) is 4.19. The van der Waals surface area contributed by atoms with E-state index >= 15 is 0 Å². The van der Waals surface area contributed by atoms with Crippen LogP contribution in [0.4, 0.5) is 0 Å². The minimum absolute atomic E-state index is 0.0187. The lowest BCUT2D eigenvalue weighted by molar-refractivity contribution is -0.118. The number of aromatic nitrogens is 3. The van der Waals surface area contributed by atoms with Crippen LogP contribution < -0.4 is 5.73 Å². The Labute approximate surface area is 161 Å². The molecule has 0 atom stereocenters. The predicted molar refractivity (Wildman–Crippen MR) is 103 cm³/mol. The van der Waals surface area contributed by atoms with Gasteiger partial charge in [-0.2, -0.15) is 0 Å². The van der Waals surface area contributed by atoms with Crippen LogP contribution in [0, 0.1) is 13.8 Å². The lowest BCUT2D eigenvalue weighted by Crippen LogP contribution is -2.15. The number of carbonyl (C=O) groups excluding carboxylic acids is 2. The fourth-order valence-corrected chi connectivity index (χ4v) is 3.50. The van der Waals surface area contributed by atoms with E-state index in [-0.39, 0.29) is 18.0 Å². The van der Waals surface area contributed by atoms with Gasteiger partial charge in [-0.15, -0.1) is 10.2 Å². The van der Waals surface area contributed by atoms with Crippen LogP contribution in [-0.4, -0.2) is 32.2 Å². The molecule has 7 nitrogen and oxygen atoms in total. The molecule has 0 fully saturated rings. The van der Waals surface area contributed by atoms with Gasteiger partial charge in [-0.25, -0.2) is 0 Å². The Morgan fingerprint density at radius 3 is 2.74 bits per heavy atom. The molecule has 0 aliphatic heterocycles. The highest BCUT2D eigenvalue weighted by molar-refractivity contribution is 7.99. The maximum Gasteiger partial charge on any atom is 0.219 e. The van der Waals surface area contributed by atoms with Crippen molar-refractivity contribution in [1.29, 1.82) is 0 Å². The van der Waals surface area contributed by atoms with Crippen molar-refractivity contribution in [2.75, 3.05) is 5.75 Å². The summed E-state index contributed by atoms with van der Waals surface area (Å²) in [5, 5.41) is 8.86. The van der Waals surface area contributed by atoms with Crippen molar-refractivity contribution in [1.82, 2.24) is 14.8 Å². The molecule has 3 rings (SSSR count). The number of Topliss-reactive ketones (excluding diaryl/α,β-unsaturated/α-hetero) is 1. The van der Waals surface area contributed by atoms with E-state index in [4.69, 9.17) is 10.2 Å². The summed E-state index contributed by atoms with van der Waals surface area (Å²) < 4.78 is 7.14. The number of nitrogens with zero attached hydrogens (tertiary/aromatic N) is 3. The Kier molecular flexibility index (Phi) is 5.75. The fourth-order valence-electron chi connectivity index (χ4n) is 2.65. The molecule has 3 aromatic rings. The van der Waals surface area contributed by atoms with Crippen molar-refractivity contribution >= 4 is 23.5 Å². The van der Waals surface area contributed by atoms with Gasteiger partial charge in [-0.3, -0.25) is 14.2 Å². The maximum atomic E-state index is 12.6. The van der Waals surface area contributed by atoms with Crippen molar-refractivity contribution < 1.29 is 14.0 Å². The van der Waals surface area contributed by atoms with Gasteiger partial charge in [0.15, 0.2) is 22.5 Å². The quantitative estimate of drug-likeness (QED) is 0.473. The highest BCUT2D eigenvalue weighted by atomic mass is 32.2. The van der Waals surface area contributed by atoms with Gasteiger partial charge in [0.1, 0.15) is 0 Å². The molecule has 140 valence electrons. The standard InChI is InChI=1S/C19H20N4O3S/c1-12-5-6-13(2)14(10-12)15(24)11-27-19-22-21-18(16-4-3-9-26-16)23(19)8-7-17(20)25/h3-6,9-10H,7-8,11H2,1-2H3,(H2,20,25). The molecule has 0 unspecified atom stereocenters. The number of hydrogen-bond donors (Lipinski definition) is 1. The summed E-state index contributed by atoms with van der Waals surface area (Å²) in [4.78, 5) is 23.8. The van der Waals surface area contributed by atoms with Crippen LogP contribution in [0.5, 0.6) is 0 Å². The molecule has 1 amide bonds. The molecule has 8 heteroatoms. The number of carbonyl (C=O) groups is 2. The second kappa shape index (κ2) is 8.22. The van der Waals surface area contributed by atoms with E-state index < -0.39 is 5.91 Å². The monoisotopic (exact) mass is 384 g/mol. The molecule has 0 saturated heterocycles. The fraction of sp³-hybridized carbons (Fsp3) is 0.263. The Balaban J connectivity index is 1.80. The number of primary amides is 1. The normalized spacial score (nSPS) is 10.9. The van der Waals surface area contributed by atoms with E-state index in [1.807, 2.05) is 32.0 Å². The molecular formula is C19H20N4O3S. The number of thioether (sulfide) groups is 1. The third-order valence-corrected chi connectivity index (χ3v) is 5.03. The lowest BCUT2D eigenvalue weighted by Gasteiger charge is -2.09. The number of ketones is 1. The third kappa shape index (κ3) is 4.46. The number of amides is 1. The topological polar surface area (TPSA) is 104 Å². The number of furan rings is 1. The highest BCUT2D eigenvalue weighted by Gasteiger charge is 2.18. The van der Waals surface area contributed by atoms with Crippen molar-refractivity contribution in [2.24, 2.45) is 5.73 Å². The SMILES string of the molecule is Cc1ccc(C)c(C(=O)CSc2nnc(-c3ccco3)n2CCC(N)=O)c1. The first-order chi connectivity index (χ1) is 13.0. The van der Waals surface area contributed by atoms with E-state index in [0.29, 0.717) is 28.8 Å². The van der Waals surface area contributed by atoms with Gasteiger partial charge in [0.2, 0.25) is 5.91 Å². The molecule has 1 aromatic carbocycles. The summed E-state index contributed by atoms with van der Waals surface area (Å²) >= 11 is 1.28. The van der Waals surface area contributed by atoms with Gasteiger partial charge in [0.25, 0.3) is 0 Å². The van der Waals surface area contributed by atoms with Gasteiger partial charge in [-0.1, -0.05) is 29.5 Å². The number of benzene rings is 1. The Morgan fingerprint density at radius 2 is 2.04 bits per heavy atom. The average Bonchev–Trinajstić information content (AvgIpc) is 3.29. The zero-order valence-electron chi connectivity index (χ0n) is 15.1. The molecule has 27 heavy (non-hydrogen) atoms. The van der Waals surface area contributed by atoms with Gasteiger partial charge in [-0.05, 0) is 37.6 Å². The average molecular weight is 384 g/mol. The molecule has 0 radical (unpaired) electrons. The van der Waals surface area contributed by atoms with Crippen molar-refractivity contribution in [3.05, 3.63) is 53.3 Å². The lowest BCUT2D eigenvalue weighted by atomic mass is 10.0. The molecule has 0 bridgehead atoms. The second-order valence-electron chi connectivity index (χ2n) is 6.18. The minimum Gasteiger partial charge on any atom is -0.461 e. The van der Waals surface area contributed by atoms with E-state index in [1.54, 1.807) is 23.0 Å². The van der Waals surface area contributed by atoms with Gasteiger partial charge < -0.3 is 10.2 Å². The summed E-state index contributed by atoms with van der Waals surface area (Å²) in [7, 11) is 0. The number of nitrogens with two attached hydrogens (primary N) is 1. The van der Waals surface area contributed by atoms with Crippen molar-refractivity contribution in [3.63, 3.8) is 0 Å². The number of rotatable bonds is 8. The van der Waals surface area contributed by atoms with E-state index in [0.717, 1.165) is 11.1 Å². The summed E-state index contributed by atoms with van der Waals surface area (Å²) in [6, 6.07) is 9.33. The van der Waals surface area contributed by atoms with E-state index in [1.165, 1.54) is 11.8 Å². The predicted octanol–water partition coefficient (Wildman–Crippen LogP) is 3.01. The van der Waals surface area contributed by atoms with Crippen molar-refractivity contribution in [2.45, 2.75) is 32.0 Å². The molecular weight excluding hydrogens is 364 g/mol. The Hall–Kier alpha value is -2.87. The first kappa shape index (κ1) is 18.9. The van der Waals surface area contributed by atoms with E-state index in [9.17, 15) is 9.59 Å². The van der Waals surface area contributed by atoms with Gasteiger partial charge in [0.05, 0.1) is 12.0 Å². The first-order valence-corrected chi connectivity index (χ1v) is 9.43. The number of hydrogen-bond acceptors (Lipinski definition) is 6. The van der Waals surface area contributed by atoms with Crippen LogP contribution in [0.1, 0.15) is 27.9 Å². The van der Waals surface area contributed by atoms with E-state index in [2.05, 4.69) is 10.2 Å². The third-order valence-electron chi connectivity index (χ3n) is 4.07. The molecule has 0 aliphatic rings. The number of aryl methyl sites for hydroxylation is 2. The zero-order valence-corrected chi connectivity index (χ0v) is 16.0.